The van der Waals surface area contributed by atoms with Crippen molar-refractivity contribution < 1.29 is 8.42 Å². The minimum absolute atomic E-state index is 0.288. The van der Waals surface area contributed by atoms with Crippen LogP contribution in [0.1, 0.15) is 29.2 Å². The Bertz CT molecular complexity index is 843. The minimum atomic E-state index is -3.42. The molecule has 0 fully saturated rings. The van der Waals surface area contributed by atoms with Gasteiger partial charge in [0.1, 0.15) is 0 Å². The summed E-state index contributed by atoms with van der Waals surface area (Å²) >= 11 is 3.41. The third kappa shape index (κ3) is 3.48. The molecule has 0 aromatic heterocycles. The molecule has 1 aliphatic rings. The molecule has 0 saturated carbocycles. The average molecular weight is 393 g/mol. The van der Waals surface area contributed by atoms with E-state index in [9.17, 15) is 8.42 Å². The number of benzene rings is 2. The van der Waals surface area contributed by atoms with Crippen LogP contribution < -0.4 is 0 Å². The van der Waals surface area contributed by atoms with Crippen LogP contribution >= 0.6 is 15.9 Å². The van der Waals surface area contributed by atoms with E-state index in [1.807, 2.05) is 55.5 Å². The first-order chi connectivity index (χ1) is 10.8. The summed E-state index contributed by atoms with van der Waals surface area (Å²) in [5.74, 6) is 0. The van der Waals surface area contributed by atoms with Crippen molar-refractivity contribution in [2.24, 2.45) is 5.10 Å². The molecule has 4 nitrogen and oxygen atoms in total. The maximum absolute atomic E-state index is 12.1. The Labute approximate surface area is 145 Å². The average Bonchev–Trinajstić information content (AvgIpc) is 2.94. The number of aryl methyl sites for hydroxylation is 1. The first-order valence-electron chi connectivity index (χ1n) is 7.24. The summed E-state index contributed by atoms with van der Waals surface area (Å²) in [6.45, 7) is 2.01. The molecule has 23 heavy (non-hydrogen) atoms. The van der Waals surface area contributed by atoms with Gasteiger partial charge in [-0.25, -0.2) is 8.42 Å². The zero-order valence-corrected chi connectivity index (χ0v) is 15.3. The Hall–Kier alpha value is -1.66. The Kier molecular flexibility index (Phi) is 4.29. The van der Waals surface area contributed by atoms with Gasteiger partial charge in [-0.15, -0.1) is 0 Å². The van der Waals surface area contributed by atoms with Crippen LogP contribution in [0.5, 0.6) is 0 Å². The van der Waals surface area contributed by atoms with Crippen molar-refractivity contribution in [1.29, 1.82) is 0 Å². The van der Waals surface area contributed by atoms with E-state index in [0.29, 0.717) is 6.42 Å². The summed E-state index contributed by atoms with van der Waals surface area (Å²) in [6.07, 6.45) is 1.76. The van der Waals surface area contributed by atoms with Crippen molar-refractivity contribution >= 4 is 31.7 Å². The SMILES string of the molecule is Cc1ccc([C@@H]2CC(c3ccc(Br)cc3)=NN2S(C)(=O)=O)cc1. The molecule has 2 aromatic rings. The van der Waals surface area contributed by atoms with Gasteiger partial charge < -0.3 is 0 Å². The molecule has 6 heteroatoms. The van der Waals surface area contributed by atoms with Crippen molar-refractivity contribution in [3.8, 4) is 0 Å². The number of rotatable bonds is 3. The number of halogens is 1. The molecule has 0 aliphatic carbocycles. The number of hydrogen-bond donors (Lipinski definition) is 0. The Morgan fingerprint density at radius 3 is 2.26 bits per heavy atom. The van der Waals surface area contributed by atoms with Gasteiger partial charge in [-0.2, -0.15) is 9.52 Å². The van der Waals surface area contributed by atoms with E-state index >= 15 is 0 Å². The van der Waals surface area contributed by atoms with E-state index in [-0.39, 0.29) is 6.04 Å². The van der Waals surface area contributed by atoms with Crippen LogP contribution in [-0.4, -0.2) is 24.8 Å². The lowest BCUT2D eigenvalue weighted by molar-refractivity contribution is 0.375. The topological polar surface area (TPSA) is 49.7 Å². The molecule has 0 N–H and O–H groups in total. The summed E-state index contributed by atoms with van der Waals surface area (Å²) in [5, 5.41) is 4.39. The van der Waals surface area contributed by atoms with Gasteiger partial charge >= 0.3 is 0 Å². The van der Waals surface area contributed by atoms with Crippen LogP contribution in [0.3, 0.4) is 0 Å². The van der Waals surface area contributed by atoms with E-state index in [1.54, 1.807) is 0 Å². The van der Waals surface area contributed by atoms with Crippen LogP contribution in [-0.2, 0) is 10.0 Å². The highest BCUT2D eigenvalue weighted by atomic mass is 79.9. The van der Waals surface area contributed by atoms with Crippen LogP contribution in [0.15, 0.2) is 58.1 Å². The molecule has 0 spiro atoms. The second-order valence-corrected chi connectivity index (χ2v) is 8.48. The zero-order valence-electron chi connectivity index (χ0n) is 12.9. The molecule has 2 aromatic carbocycles. The summed E-state index contributed by atoms with van der Waals surface area (Å²) in [5.41, 5.74) is 3.83. The van der Waals surface area contributed by atoms with Crippen LogP contribution in [0.25, 0.3) is 0 Å². The van der Waals surface area contributed by atoms with E-state index < -0.39 is 10.0 Å². The van der Waals surface area contributed by atoms with E-state index in [4.69, 9.17) is 0 Å². The third-order valence-electron chi connectivity index (χ3n) is 3.85. The van der Waals surface area contributed by atoms with Gasteiger partial charge in [0.2, 0.25) is 10.0 Å². The Balaban J connectivity index is 1.99. The second-order valence-electron chi connectivity index (χ2n) is 5.72. The Morgan fingerprint density at radius 1 is 1.09 bits per heavy atom. The fourth-order valence-electron chi connectivity index (χ4n) is 2.65. The van der Waals surface area contributed by atoms with E-state index in [1.165, 1.54) is 10.7 Å². The van der Waals surface area contributed by atoms with Gasteiger partial charge in [-0.3, -0.25) is 0 Å². The monoisotopic (exact) mass is 392 g/mol. The highest BCUT2D eigenvalue weighted by Crippen LogP contribution is 2.34. The van der Waals surface area contributed by atoms with E-state index in [2.05, 4.69) is 21.0 Å². The zero-order chi connectivity index (χ0) is 16.6. The van der Waals surface area contributed by atoms with Gasteiger partial charge in [-0.05, 0) is 30.2 Å². The molecule has 0 saturated heterocycles. The molecule has 0 radical (unpaired) electrons. The quantitative estimate of drug-likeness (QED) is 0.795. The molecule has 0 bridgehead atoms. The maximum Gasteiger partial charge on any atom is 0.247 e. The number of hydrogen-bond acceptors (Lipinski definition) is 3. The van der Waals surface area contributed by atoms with E-state index in [0.717, 1.165) is 26.9 Å². The summed E-state index contributed by atoms with van der Waals surface area (Å²) < 4.78 is 26.5. The standard InChI is InChI=1S/C17H17BrN2O2S/c1-12-3-5-14(6-4-12)17-11-16(19-20(17)23(2,21)22)13-7-9-15(18)10-8-13/h3-10,17H,11H2,1-2H3/t17-/m0/s1. The number of hydrazone groups is 1. The second kappa shape index (κ2) is 6.09. The van der Waals surface area contributed by atoms with Crippen molar-refractivity contribution in [3.05, 3.63) is 69.7 Å². The van der Waals surface area contributed by atoms with Crippen molar-refractivity contribution in [2.75, 3.05) is 6.26 Å². The van der Waals surface area contributed by atoms with Gasteiger partial charge in [0, 0.05) is 10.9 Å². The number of nitrogens with zero attached hydrogens (tertiary/aromatic N) is 2. The van der Waals surface area contributed by atoms with Gasteiger partial charge in [-0.1, -0.05) is 57.9 Å². The first-order valence-corrected chi connectivity index (χ1v) is 9.88. The fraction of sp³-hybridized carbons (Fsp3) is 0.235. The lowest BCUT2D eigenvalue weighted by Gasteiger charge is -2.21. The molecular weight excluding hydrogens is 376 g/mol. The third-order valence-corrected chi connectivity index (χ3v) is 5.40. The van der Waals surface area contributed by atoms with Crippen LogP contribution in [0.4, 0.5) is 0 Å². The smallest absolute Gasteiger partial charge is 0.205 e. The van der Waals surface area contributed by atoms with Crippen LogP contribution in [0, 0.1) is 6.92 Å². The largest absolute Gasteiger partial charge is 0.247 e. The summed E-state index contributed by atoms with van der Waals surface area (Å²) in [7, 11) is -3.42. The molecule has 1 heterocycles. The van der Waals surface area contributed by atoms with Crippen LogP contribution in [0.2, 0.25) is 0 Å². The van der Waals surface area contributed by atoms with Gasteiger partial charge in [0.15, 0.2) is 0 Å². The first kappa shape index (κ1) is 16.2. The summed E-state index contributed by atoms with van der Waals surface area (Å²) in [4.78, 5) is 0. The lowest BCUT2D eigenvalue weighted by Crippen LogP contribution is -2.25. The Morgan fingerprint density at radius 2 is 1.70 bits per heavy atom. The highest BCUT2D eigenvalue weighted by Gasteiger charge is 2.34. The predicted octanol–water partition coefficient (Wildman–Crippen LogP) is 3.87. The van der Waals surface area contributed by atoms with Gasteiger partial charge in [0.25, 0.3) is 0 Å². The molecule has 1 atom stereocenters. The van der Waals surface area contributed by atoms with Crippen molar-refractivity contribution in [1.82, 2.24) is 4.41 Å². The predicted molar refractivity (Wildman–Crippen MR) is 95.9 cm³/mol. The maximum atomic E-state index is 12.1. The van der Waals surface area contributed by atoms with Crippen molar-refractivity contribution in [2.45, 2.75) is 19.4 Å². The molecule has 3 rings (SSSR count). The van der Waals surface area contributed by atoms with Crippen molar-refractivity contribution in [3.63, 3.8) is 0 Å². The normalized spacial score (nSPS) is 18.1. The highest BCUT2D eigenvalue weighted by molar-refractivity contribution is 9.10. The minimum Gasteiger partial charge on any atom is -0.205 e. The lowest BCUT2D eigenvalue weighted by atomic mass is 9.98. The molecular formula is C17H17BrN2O2S. The van der Waals surface area contributed by atoms with Gasteiger partial charge in [0.05, 0.1) is 18.0 Å². The molecule has 120 valence electrons. The molecule has 0 amide bonds. The molecule has 1 aliphatic heterocycles. The molecule has 0 unspecified atom stereocenters. The number of sulfonamides is 1. The summed E-state index contributed by atoms with van der Waals surface area (Å²) in [6, 6.07) is 15.4. The fourth-order valence-corrected chi connectivity index (χ4v) is 3.82.